The zero-order chi connectivity index (χ0) is 28.9. The van der Waals surface area contributed by atoms with Crippen LogP contribution in [0.25, 0.3) is 0 Å². The fourth-order valence-corrected chi connectivity index (χ4v) is 5.89. The highest BCUT2D eigenvalue weighted by Crippen LogP contribution is 2.38. The van der Waals surface area contributed by atoms with Crippen LogP contribution in [0.4, 0.5) is 24.5 Å². The number of likely N-dealkylation sites (tertiary alicyclic amines) is 1. The van der Waals surface area contributed by atoms with E-state index in [2.05, 4.69) is 42.0 Å². The van der Waals surface area contributed by atoms with Crippen LogP contribution in [-0.4, -0.2) is 46.6 Å². The lowest BCUT2D eigenvalue weighted by molar-refractivity contribution is -0.388. The third-order valence-corrected chi connectivity index (χ3v) is 7.88. The van der Waals surface area contributed by atoms with Gasteiger partial charge in [0.25, 0.3) is 5.69 Å². The van der Waals surface area contributed by atoms with Crippen LogP contribution < -0.4 is 10.1 Å². The summed E-state index contributed by atoms with van der Waals surface area (Å²) in [7, 11) is 0. The van der Waals surface area contributed by atoms with Gasteiger partial charge in [0.05, 0.1) is 4.92 Å². The van der Waals surface area contributed by atoms with Crippen molar-refractivity contribution in [2.75, 3.05) is 25.0 Å². The van der Waals surface area contributed by atoms with Crippen molar-refractivity contribution in [3.63, 3.8) is 0 Å². The maximum atomic E-state index is 13.3. The minimum Gasteiger partial charge on any atom is -0.474 e. The molecule has 10 heteroatoms. The summed E-state index contributed by atoms with van der Waals surface area (Å²) in [6.45, 7) is 10.4. The zero-order valence-electron chi connectivity index (χ0n) is 23.7. The molecule has 0 unspecified atom stereocenters. The normalized spacial score (nSPS) is 21.2. The molecule has 1 saturated carbocycles. The molecule has 2 fully saturated rings. The van der Waals surface area contributed by atoms with Crippen molar-refractivity contribution in [3.8, 4) is 5.88 Å². The third kappa shape index (κ3) is 8.81. The Kier molecular flexibility index (Phi) is 9.59. The SMILES string of the molecule is CC(C)(C)CN1CCC(CCc2ccnc(OC3CCC(Nc4ccc([N+](=O)[O-])c(C(F)(F)F)c4)CC3)c2)CC1. The number of halogens is 3. The molecular formula is C30H41F3N4O3. The predicted octanol–water partition coefficient (Wildman–Crippen LogP) is 7.50. The zero-order valence-corrected chi connectivity index (χ0v) is 23.7. The Morgan fingerprint density at radius 3 is 2.38 bits per heavy atom. The molecule has 1 aliphatic carbocycles. The molecule has 0 bridgehead atoms. The van der Waals surface area contributed by atoms with Crippen LogP contribution >= 0.6 is 0 Å². The summed E-state index contributed by atoms with van der Waals surface area (Å²) in [6.07, 6.45) is 4.61. The van der Waals surface area contributed by atoms with E-state index in [1.165, 1.54) is 44.0 Å². The monoisotopic (exact) mass is 562 g/mol. The molecule has 2 aromatic rings. The van der Waals surface area contributed by atoms with E-state index in [9.17, 15) is 23.3 Å². The number of hydrogen-bond donors (Lipinski definition) is 1. The van der Waals surface area contributed by atoms with Crippen molar-refractivity contribution in [1.82, 2.24) is 9.88 Å². The number of nitro groups is 1. The Morgan fingerprint density at radius 2 is 1.75 bits per heavy atom. The number of benzene rings is 1. The van der Waals surface area contributed by atoms with E-state index in [-0.39, 0.29) is 17.8 Å². The number of nitrogens with one attached hydrogen (secondary N) is 1. The van der Waals surface area contributed by atoms with Crippen molar-refractivity contribution >= 4 is 11.4 Å². The summed E-state index contributed by atoms with van der Waals surface area (Å²) in [5, 5.41) is 14.1. The second kappa shape index (κ2) is 12.7. The topological polar surface area (TPSA) is 80.5 Å². The molecule has 0 amide bonds. The molecule has 1 aliphatic heterocycles. The van der Waals surface area contributed by atoms with E-state index in [1.807, 2.05) is 6.07 Å². The second-order valence-electron chi connectivity index (χ2n) is 12.5. The van der Waals surface area contributed by atoms with E-state index in [0.29, 0.717) is 11.3 Å². The van der Waals surface area contributed by atoms with Gasteiger partial charge in [-0.15, -0.1) is 0 Å². The van der Waals surface area contributed by atoms with Crippen LogP contribution in [0.2, 0.25) is 0 Å². The van der Waals surface area contributed by atoms with Gasteiger partial charge < -0.3 is 15.0 Å². The van der Waals surface area contributed by atoms with Crippen LogP contribution in [0.15, 0.2) is 36.5 Å². The van der Waals surface area contributed by atoms with Crippen LogP contribution in [0, 0.1) is 21.4 Å². The molecule has 220 valence electrons. The van der Waals surface area contributed by atoms with Crippen LogP contribution in [-0.2, 0) is 12.6 Å². The fourth-order valence-electron chi connectivity index (χ4n) is 5.89. The Balaban J connectivity index is 1.22. The molecule has 0 spiro atoms. The lowest BCUT2D eigenvalue weighted by Crippen LogP contribution is -2.39. The highest BCUT2D eigenvalue weighted by molar-refractivity contribution is 5.55. The number of aryl methyl sites for hydroxylation is 1. The van der Waals surface area contributed by atoms with E-state index in [1.54, 1.807) is 6.20 Å². The van der Waals surface area contributed by atoms with E-state index < -0.39 is 22.4 Å². The molecule has 7 nitrogen and oxygen atoms in total. The average molecular weight is 563 g/mol. The molecule has 1 N–H and O–H groups in total. The number of ether oxygens (including phenoxy) is 1. The predicted molar refractivity (Wildman–Crippen MR) is 150 cm³/mol. The minimum atomic E-state index is -4.79. The molecule has 2 heterocycles. The molecule has 40 heavy (non-hydrogen) atoms. The number of alkyl halides is 3. The third-order valence-electron chi connectivity index (χ3n) is 7.88. The van der Waals surface area contributed by atoms with Crippen molar-refractivity contribution in [3.05, 3.63) is 57.8 Å². The molecule has 2 aliphatic rings. The van der Waals surface area contributed by atoms with E-state index in [0.717, 1.165) is 56.7 Å². The lowest BCUT2D eigenvalue weighted by Gasteiger charge is -2.36. The van der Waals surface area contributed by atoms with Gasteiger partial charge in [0, 0.05) is 36.6 Å². The molecule has 0 radical (unpaired) electrons. The summed E-state index contributed by atoms with van der Waals surface area (Å²) < 4.78 is 46.1. The molecule has 1 aromatic carbocycles. The summed E-state index contributed by atoms with van der Waals surface area (Å²) in [5.41, 5.74) is -0.375. The van der Waals surface area contributed by atoms with Gasteiger partial charge in [0.15, 0.2) is 0 Å². The smallest absolute Gasteiger partial charge is 0.423 e. The highest BCUT2D eigenvalue weighted by atomic mass is 19.4. The van der Waals surface area contributed by atoms with Crippen molar-refractivity contribution < 1.29 is 22.8 Å². The Morgan fingerprint density at radius 1 is 1.05 bits per heavy atom. The molecular weight excluding hydrogens is 521 g/mol. The number of piperidine rings is 1. The summed E-state index contributed by atoms with van der Waals surface area (Å²) in [5.74, 6) is 1.37. The van der Waals surface area contributed by atoms with Gasteiger partial charge in [0.2, 0.25) is 5.88 Å². The second-order valence-corrected chi connectivity index (χ2v) is 12.5. The van der Waals surface area contributed by atoms with Crippen LogP contribution in [0.5, 0.6) is 5.88 Å². The first-order valence-electron chi connectivity index (χ1n) is 14.3. The lowest BCUT2D eigenvalue weighted by atomic mass is 9.89. The number of nitrogens with zero attached hydrogens (tertiary/aromatic N) is 3. The molecule has 1 saturated heterocycles. The molecule has 0 atom stereocenters. The Labute approximate surface area is 234 Å². The first-order valence-corrected chi connectivity index (χ1v) is 14.3. The number of rotatable bonds is 9. The fraction of sp³-hybridized carbons (Fsp3) is 0.633. The van der Waals surface area contributed by atoms with Crippen LogP contribution in [0.3, 0.4) is 0 Å². The molecule has 4 rings (SSSR count). The van der Waals surface area contributed by atoms with Crippen LogP contribution in [0.1, 0.15) is 76.8 Å². The largest absolute Gasteiger partial charge is 0.474 e. The summed E-state index contributed by atoms with van der Waals surface area (Å²) >= 11 is 0. The van der Waals surface area contributed by atoms with E-state index in [4.69, 9.17) is 4.74 Å². The van der Waals surface area contributed by atoms with Gasteiger partial charge in [-0.05, 0) is 99.6 Å². The standard InChI is InChI=1S/C30H41F3N4O3/c1-29(2,3)20-36-16-13-21(14-17-36)4-5-22-12-15-34-28(18-22)40-25-9-6-23(7-10-25)35-24-8-11-27(37(38)39)26(19-24)30(31,32)33/h8,11-12,15,18-19,21,23,25,35H,4-7,9-10,13-14,16-17,20H2,1-3H3. The first-order chi connectivity index (χ1) is 18.9. The van der Waals surface area contributed by atoms with Gasteiger partial charge in [0.1, 0.15) is 11.7 Å². The van der Waals surface area contributed by atoms with E-state index >= 15 is 0 Å². The summed E-state index contributed by atoms with van der Waals surface area (Å²) in [6, 6.07) is 7.13. The van der Waals surface area contributed by atoms with Gasteiger partial charge >= 0.3 is 6.18 Å². The van der Waals surface area contributed by atoms with Gasteiger partial charge in [-0.3, -0.25) is 10.1 Å². The van der Waals surface area contributed by atoms with Gasteiger partial charge in [-0.2, -0.15) is 13.2 Å². The van der Waals surface area contributed by atoms with Crippen molar-refractivity contribution in [1.29, 1.82) is 0 Å². The van der Waals surface area contributed by atoms with Gasteiger partial charge in [-0.1, -0.05) is 20.8 Å². The van der Waals surface area contributed by atoms with Gasteiger partial charge in [-0.25, -0.2) is 4.98 Å². The Hall–Kier alpha value is -2.88. The number of nitro benzene ring substituents is 1. The number of anilines is 1. The number of pyridine rings is 1. The molecule has 1 aromatic heterocycles. The minimum absolute atomic E-state index is 0.00413. The summed E-state index contributed by atoms with van der Waals surface area (Å²) in [4.78, 5) is 17.0. The first kappa shape index (κ1) is 30.1. The Bertz CT molecular complexity index is 1140. The highest BCUT2D eigenvalue weighted by Gasteiger charge is 2.38. The van der Waals surface area contributed by atoms with Crippen molar-refractivity contribution in [2.24, 2.45) is 11.3 Å². The number of hydrogen-bond acceptors (Lipinski definition) is 6. The quantitative estimate of drug-likeness (QED) is 0.252. The average Bonchev–Trinajstić information content (AvgIpc) is 2.88. The maximum absolute atomic E-state index is 13.3. The number of aromatic nitrogens is 1. The van der Waals surface area contributed by atoms with Crippen molar-refractivity contribution in [2.45, 2.75) is 90.5 Å². The maximum Gasteiger partial charge on any atom is 0.423 e.